The minimum Gasteiger partial charge on any atom is -0.492 e. The van der Waals surface area contributed by atoms with Crippen molar-refractivity contribution in [2.45, 2.75) is 20.4 Å². The van der Waals surface area contributed by atoms with E-state index in [0.717, 1.165) is 11.3 Å². The first-order chi connectivity index (χ1) is 12.0. The molecule has 2 rings (SSSR count). The summed E-state index contributed by atoms with van der Waals surface area (Å²) in [5.74, 6) is 0.652. The number of rotatable bonds is 7. The molecule has 0 bridgehead atoms. The van der Waals surface area contributed by atoms with Crippen LogP contribution in [0.3, 0.4) is 0 Å². The van der Waals surface area contributed by atoms with E-state index < -0.39 is 0 Å². The van der Waals surface area contributed by atoms with Crippen molar-refractivity contribution < 1.29 is 14.3 Å². The van der Waals surface area contributed by atoms with Gasteiger partial charge in [-0.25, -0.2) is 4.79 Å². The molecule has 132 valence electrons. The van der Waals surface area contributed by atoms with E-state index in [2.05, 4.69) is 16.0 Å². The maximum Gasteiger partial charge on any atom is 0.315 e. The van der Waals surface area contributed by atoms with Crippen molar-refractivity contribution in [2.75, 3.05) is 18.5 Å². The first-order valence-electron chi connectivity index (χ1n) is 8.10. The SMILES string of the molecule is CC(=O)Nc1cccc(CNC(=O)NCCOc2ccc(C)cc2)c1. The number of hydrogen-bond donors (Lipinski definition) is 3. The highest BCUT2D eigenvalue weighted by Crippen LogP contribution is 2.11. The Morgan fingerprint density at radius 3 is 2.52 bits per heavy atom. The van der Waals surface area contributed by atoms with E-state index in [0.29, 0.717) is 25.4 Å². The molecule has 0 fully saturated rings. The number of amides is 3. The zero-order chi connectivity index (χ0) is 18.1. The maximum atomic E-state index is 11.8. The molecule has 2 aromatic rings. The van der Waals surface area contributed by atoms with E-state index in [-0.39, 0.29) is 11.9 Å². The molecular formula is C19H23N3O3. The molecule has 0 aliphatic carbocycles. The summed E-state index contributed by atoms with van der Waals surface area (Å²) < 4.78 is 5.54. The molecule has 0 saturated carbocycles. The normalized spacial score (nSPS) is 10.0. The van der Waals surface area contributed by atoms with Gasteiger partial charge in [-0.2, -0.15) is 0 Å². The van der Waals surface area contributed by atoms with E-state index >= 15 is 0 Å². The van der Waals surface area contributed by atoms with Crippen LogP contribution in [0, 0.1) is 6.92 Å². The first-order valence-corrected chi connectivity index (χ1v) is 8.10. The van der Waals surface area contributed by atoms with Gasteiger partial charge in [0.2, 0.25) is 5.91 Å². The Balaban J connectivity index is 1.67. The molecule has 0 saturated heterocycles. The minimum absolute atomic E-state index is 0.128. The van der Waals surface area contributed by atoms with Crippen LogP contribution in [0.1, 0.15) is 18.1 Å². The van der Waals surface area contributed by atoms with Crippen molar-refractivity contribution >= 4 is 17.6 Å². The molecule has 3 amide bonds. The summed E-state index contributed by atoms with van der Waals surface area (Å²) in [6.07, 6.45) is 0. The summed E-state index contributed by atoms with van der Waals surface area (Å²) in [7, 11) is 0. The van der Waals surface area contributed by atoms with E-state index in [1.54, 1.807) is 6.07 Å². The summed E-state index contributed by atoms with van der Waals surface area (Å²) in [5.41, 5.74) is 2.78. The van der Waals surface area contributed by atoms with Crippen molar-refractivity contribution in [3.8, 4) is 5.75 Å². The van der Waals surface area contributed by atoms with E-state index in [1.807, 2.05) is 49.4 Å². The van der Waals surface area contributed by atoms with E-state index in [4.69, 9.17) is 4.74 Å². The average molecular weight is 341 g/mol. The zero-order valence-corrected chi connectivity index (χ0v) is 14.5. The van der Waals surface area contributed by atoms with Crippen molar-refractivity contribution in [3.05, 3.63) is 59.7 Å². The number of aryl methyl sites for hydroxylation is 1. The largest absolute Gasteiger partial charge is 0.492 e. The van der Waals surface area contributed by atoms with Gasteiger partial charge in [0.15, 0.2) is 0 Å². The molecule has 0 atom stereocenters. The van der Waals surface area contributed by atoms with Crippen LogP contribution in [-0.2, 0) is 11.3 Å². The van der Waals surface area contributed by atoms with Crippen LogP contribution < -0.4 is 20.7 Å². The third-order valence-corrected chi connectivity index (χ3v) is 3.38. The summed E-state index contributed by atoms with van der Waals surface area (Å²) in [5, 5.41) is 8.21. The fraction of sp³-hybridized carbons (Fsp3) is 0.263. The van der Waals surface area contributed by atoms with E-state index in [9.17, 15) is 9.59 Å². The topological polar surface area (TPSA) is 79.5 Å². The first kappa shape index (κ1) is 18.3. The Labute approximate surface area is 147 Å². The molecule has 0 spiro atoms. The molecule has 6 nitrogen and oxygen atoms in total. The van der Waals surface area contributed by atoms with Crippen molar-refractivity contribution in [1.82, 2.24) is 10.6 Å². The average Bonchev–Trinajstić information content (AvgIpc) is 2.58. The number of urea groups is 1. The van der Waals surface area contributed by atoms with Gasteiger partial charge >= 0.3 is 6.03 Å². The van der Waals surface area contributed by atoms with E-state index in [1.165, 1.54) is 12.5 Å². The third kappa shape index (κ3) is 6.95. The fourth-order valence-electron chi connectivity index (χ4n) is 2.18. The Kier molecular flexibility index (Phi) is 6.83. The van der Waals surface area contributed by atoms with Crippen LogP contribution in [-0.4, -0.2) is 25.1 Å². The second-order valence-electron chi connectivity index (χ2n) is 5.65. The number of carbonyl (C=O) groups is 2. The van der Waals surface area contributed by atoms with Crippen LogP contribution in [0.25, 0.3) is 0 Å². The fourth-order valence-corrected chi connectivity index (χ4v) is 2.18. The van der Waals surface area contributed by atoms with Crippen LogP contribution >= 0.6 is 0 Å². The van der Waals surface area contributed by atoms with Gasteiger partial charge in [0.05, 0.1) is 6.54 Å². The summed E-state index contributed by atoms with van der Waals surface area (Å²) in [6, 6.07) is 14.8. The molecular weight excluding hydrogens is 318 g/mol. The minimum atomic E-state index is -0.266. The molecule has 6 heteroatoms. The monoisotopic (exact) mass is 341 g/mol. The summed E-state index contributed by atoms with van der Waals surface area (Å²) >= 11 is 0. The van der Waals surface area contributed by atoms with Crippen molar-refractivity contribution in [2.24, 2.45) is 0 Å². The smallest absolute Gasteiger partial charge is 0.315 e. The molecule has 25 heavy (non-hydrogen) atoms. The van der Waals surface area contributed by atoms with Crippen molar-refractivity contribution in [3.63, 3.8) is 0 Å². The van der Waals surface area contributed by atoms with Gasteiger partial charge in [-0.3, -0.25) is 4.79 Å². The Morgan fingerprint density at radius 1 is 1.04 bits per heavy atom. The quantitative estimate of drug-likeness (QED) is 0.678. The number of ether oxygens (including phenoxy) is 1. The molecule has 0 aliphatic heterocycles. The van der Waals surface area contributed by atoms with Crippen LogP contribution in [0.2, 0.25) is 0 Å². The second-order valence-corrected chi connectivity index (χ2v) is 5.65. The predicted molar refractivity (Wildman–Crippen MR) is 97.7 cm³/mol. The molecule has 0 unspecified atom stereocenters. The molecule has 0 aliphatic rings. The number of anilines is 1. The number of carbonyl (C=O) groups excluding carboxylic acids is 2. The van der Waals surface area contributed by atoms with Crippen LogP contribution in [0.4, 0.5) is 10.5 Å². The summed E-state index contributed by atoms with van der Waals surface area (Å²) in [4.78, 5) is 22.8. The lowest BCUT2D eigenvalue weighted by Crippen LogP contribution is -2.37. The van der Waals surface area contributed by atoms with Gasteiger partial charge in [0, 0.05) is 19.2 Å². The highest BCUT2D eigenvalue weighted by atomic mass is 16.5. The van der Waals surface area contributed by atoms with Crippen LogP contribution in [0.5, 0.6) is 5.75 Å². The molecule has 0 heterocycles. The summed E-state index contributed by atoms with van der Waals surface area (Å²) in [6.45, 7) is 4.65. The number of hydrogen-bond acceptors (Lipinski definition) is 3. The molecule has 0 radical (unpaired) electrons. The van der Waals surface area contributed by atoms with Gasteiger partial charge in [-0.1, -0.05) is 29.8 Å². The number of nitrogens with one attached hydrogen (secondary N) is 3. The highest BCUT2D eigenvalue weighted by molar-refractivity contribution is 5.88. The standard InChI is InChI=1S/C19H23N3O3/c1-14-6-8-18(9-7-14)25-11-10-20-19(24)21-13-16-4-3-5-17(12-16)22-15(2)23/h3-9,12H,10-11,13H2,1-2H3,(H,22,23)(H2,20,21,24). The van der Waals surface area contributed by atoms with Gasteiger partial charge in [0.25, 0.3) is 0 Å². The zero-order valence-electron chi connectivity index (χ0n) is 14.5. The lowest BCUT2D eigenvalue weighted by atomic mass is 10.2. The Hall–Kier alpha value is -3.02. The third-order valence-electron chi connectivity index (χ3n) is 3.38. The second kappa shape index (κ2) is 9.32. The Morgan fingerprint density at radius 2 is 1.80 bits per heavy atom. The lowest BCUT2D eigenvalue weighted by molar-refractivity contribution is -0.114. The van der Waals surface area contributed by atoms with Gasteiger partial charge < -0.3 is 20.7 Å². The maximum absolute atomic E-state index is 11.8. The molecule has 3 N–H and O–H groups in total. The molecule has 2 aromatic carbocycles. The van der Waals surface area contributed by atoms with Gasteiger partial charge in [0.1, 0.15) is 12.4 Å². The van der Waals surface area contributed by atoms with Crippen molar-refractivity contribution in [1.29, 1.82) is 0 Å². The predicted octanol–water partition coefficient (Wildman–Crippen LogP) is 2.83. The van der Waals surface area contributed by atoms with Gasteiger partial charge in [-0.15, -0.1) is 0 Å². The Bertz CT molecular complexity index is 714. The highest BCUT2D eigenvalue weighted by Gasteiger charge is 2.02. The molecule has 0 aromatic heterocycles. The number of benzene rings is 2. The van der Waals surface area contributed by atoms with Gasteiger partial charge in [-0.05, 0) is 36.8 Å². The van der Waals surface area contributed by atoms with Crippen LogP contribution in [0.15, 0.2) is 48.5 Å². The lowest BCUT2D eigenvalue weighted by Gasteiger charge is -2.10.